The summed E-state index contributed by atoms with van der Waals surface area (Å²) in [6.45, 7) is 4.11. The van der Waals surface area contributed by atoms with Gasteiger partial charge >= 0.3 is 0 Å². The molecule has 0 aromatic heterocycles. The Morgan fingerprint density at radius 3 is 2.23 bits per heavy atom. The zero-order valence-corrected chi connectivity index (χ0v) is 19.5. The summed E-state index contributed by atoms with van der Waals surface area (Å²) in [6, 6.07) is 19.1. The molecule has 0 fully saturated rings. The third kappa shape index (κ3) is 6.97. The van der Waals surface area contributed by atoms with E-state index in [0.29, 0.717) is 47.8 Å². The van der Waals surface area contributed by atoms with Crippen LogP contribution in [0.5, 0.6) is 11.5 Å². The minimum Gasteiger partial charge on any atom is -0.490 e. The van der Waals surface area contributed by atoms with Gasteiger partial charge in [-0.3, -0.25) is 0 Å². The van der Waals surface area contributed by atoms with Crippen molar-refractivity contribution in [3.05, 3.63) is 92.4 Å². The fourth-order valence-corrected chi connectivity index (χ4v) is 3.46. The summed E-state index contributed by atoms with van der Waals surface area (Å²) in [7, 11) is 0. The number of benzene rings is 3. The molecule has 0 atom stereocenters. The number of hydrogen-bond donors (Lipinski definition) is 1. The molecule has 0 unspecified atom stereocenters. The van der Waals surface area contributed by atoms with Gasteiger partial charge in [0, 0.05) is 23.1 Å². The molecule has 3 aromatic carbocycles. The summed E-state index contributed by atoms with van der Waals surface area (Å²) in [5.74, 6) is 1.17. The summed E-state index contributed by atoms with van der Waals surface area (Å²) in [5, 5.41) is 5.34. The maximum absolute atomic E-state index is 6.51. The highest BCUT2D eigenvalue weighted by atomic mass is 35.5. The minimum atomic E-state index is 0. The highest BCUT2D eigenvalue weighted by molar-refractivity contribution is 6.32. The summed E-state index contributed by atoms with van der Waals surface area (Å²) in [4.78, 5) is 0. The zero-order chi connectivity index (χ0) is 20.6. The standard InChI is InChI=1S/C23H22Cl3NO2.ClH/c1-2-28-22-12-17(13-27-14-18-5-3-4-6-20(18)25)11-21(26)23(22)29-15-16-7-9-19(24)10-8-16;/h3-12,27H,2,13-15H2,1H3;1H. The van der Waals surface area contributed by atoms with Crippen LogP contribution in [0.3, 0.4) is 0 Å². The van der Waals surface area contributed by atoms with Crippen molar-refractivity contribution < 1.29 is 9.47 Å². The second-order valence-electron chi connectivity index (χ2n) is 6.45. The molecular formula is C23H23Cl4NO2. The first-order valence-corrected chi connectivity index (χ1v) is 10.5. The fourth-order valence-electron chi connectivity index (χ4n) is 2.85. The molecule has 3 aromatic rings. The maximum atomic E-state index is 6.51. The molecule has 0 bridgehead atoms. The normalized spacial score (nSPS) is 10.4. The van der Waals surface area contributed by atoms with Crippen LogP contribution in [0.15, 0.2) is 60.7 Å². The van der Waals surface area contributed by atoms with Crippen LogP contribution in [0.2, 0.25) is 15.1 Å². The predicted octanol–water partition coefficient (Wildman–Crippen LogP) is 7.34. The molecule has 0 aliphatic carbocycles. The Balaban J connectivity index is 0.00000320. The minimum absolute atomic E-state index is 0. The molecular weight excluding hydrogens is 464 g/mol. The Kier molecular flexibility index (Phi) is 10.1. The lowest BCUT2D eigenvalue weighted by atomic mass is 10.1. The van der Waals surface area contributed by atoms with Gasteiger partial charge in [0.25, 0.3) is 0 Å². The zero-order valence-electron chi connectivity index (χ0n) is 16.5. The van der Waals surface area contributed by atoms with Crippen LogP contribution >= 0.6 is 47.2 Å². The van der Waals surface area contributed by atoms with Gasteiger partial charge in [0.2, 0.25) is 0 Å². The van der Waals surface area contributed by atoms with Crippen LogP contribution in [0, 0.1) is 0 Å². The van der Waals surface area contributed by atoms with Crippen molar-refractivity contribution in [2.45, 2.75) is 26.6 Å². The van der Waals surface area contributed by atoms with Crippen molar-refractivity contribution in [3.63, 3.8) is 0 Å². The molecule has 0 amide bonds. The number of rotatable bonds is 9. The van der Waals surface area contributed by atoms with E-state index >= 15 is 0 Å². The molecule has 0 aliphatic heterocycles. The highest BCUT2D eigenvalue weighted by Crippen LogP contribution is 2.37. The van der Waals surface area contributed by atoms with Crippen LogP contribution < -0.4 is 14.8 Å². The smallest absolute Gasteiger partial charge is 0.180 e. The lowest BCUT2D eigenvalue weighted by Gasteiger charge is -2.16. The molecule has 3 nitrogen and oxygen atoms in total. The van der Waals surface area contributed by atoms with Crippen molar-refractivity contribution in [2.75, 3.05) is 6.61 Å². The van der Waals surface area contributed by atoms with Gasteiger partial charge in [-0.25, -0.2) is 0 Å². The van der Waals surface area contributed by atoms with E-state index in [4.69, 9.17) is 44.3 Å². The summed E-state index contributed by atoms with van der Waals surface area (Å²) in [5.41, 5.74) is 3.05. The second-order valence-corrected chi connectivity index (χ2v) is 7.70. The molecule has 0 heterocycles. The molecule has 7 heteroatoms. The van der Waals surface area contributed by atoms with Gasteiger partial charge < -0.3 is 14.8 Å². The van der Waals surface area contributed by atoms with Gasteiger partial charge in [-0.15, -0.1) is 12.4 Å². The number of ether oxygens (including phenoxy) is 2. The van der Waals surface area contributed by atoms with Crippen LogP contribution in [-0.2, 0) is 19.7 Å². The average molecular weight is 487 g/mol. The van der Waals surface area contributed by atoms with Crippen LogP contribution in [0.1, 0.15) is 23.6 Å². The first-order chi connectivity index (χ1) is 14.1. The van der Waals surface area contributed by atoms with E-state index in [-0.39, 0.29) is 12.4 Å². The van der Waals surface area contributed by atoms with Crippen LogP contribution in [-0.4, -0.2) is 6.61 Å². The lowest BCUT2D eigenvalue weighted by Crippen LogP contribution is -2.13. The van der Waals surface area contributed by atoms with Gasteiger partial charge in [-0.05, 0) is 53.9 Å². The Bertz CT molecular complexity index is 948. The van der Waals surface area contributed by atoms with Crippen molar-refractivity contribution in [2.24, 2.45) is 0 Å². The van der Waals surface area contributed by atoms with Gasteiger partial charge in [-0.2, -0.15) is 0 Å². The molecule has 0 radical (unpaired) electrons. The van der Waals surface area contributed by atoms with Crippen LogP contribution in [0.25, 0.3) is 0 Å². The molecule has 0 saturated carbocycles. The van der Waals surface area contributed by atoms with E-state index in [2.05, 4.69) is 5.32 Å². The van der Waals surface area contributed by atoms with E-state index in [1.807, 2.05) is 67.6 Å². The average Bonchev–Trinajstić information content (AvgIpc) is 2.70. The van der Waals surface area contributed by atoms with E-state index in [1.54, 1.807) is 0 Å². The monoisotopic (exact) mass is 485 g/mol. The molecule has 0 aliphatic rings. The van der Waals surface area contributed by atoms with E-state index < -0.39 is 0 Å². The van der Waals surface area contributed by atoms with Gasteiger partial charge in [0.15, 0.2) is 11.5 Å². The molecule has 3 rings (SSSR count). The quantitative estimate of drug-likeness (QED) is 0.343. The fraction of sp³-hybridized carbons (Fsp3) is 0.217. The summed E-state index contributed by atoms with van der Waals surface area (Å²) in [6.07, 6.45) is 0. The first-order valence-electron chi connectivity index (χ1n) is 9.33. The SMILES string of the molecule is CCOc1cc(CNCc2ccccc2Cl)cc(Cl)c1OCc1ccc(Cl)cc1.Cl. The molecule has 0 spiro atoms. The Labute approximate surface area is 198 Å². The van der Waals surface area contributed by atoms with E-state index in [1.165, 1.54) is 0 Å². The summed E-state index contributed by atoms with van der Waals surface area (Å²) < 4.78 is 11.7. The van der Waals surface area contributed by atoms with Gasteiger partial charge in [0.05, 0.1) is 11.6 Å². The van der Waals surface area contributed by atoms with Crippen molar-refractivity contribution in [3.8, 4) is 11.5 Å². The predicted molar refractivity (Wildman–Crippen MR) is 128 cm³/mol. The number of hydrogen-bond acceptors (Lipinski definition) is 3. The Hall–Kier alpha value is -1.62. The topological polar surface area (TPSA) is 30.5 Å². The van der Waals surface area contributed by atoms with Crippen molar-refractivity contribution in [1.82, 2.24) is 5.32 Å². The summed E-state index contributed by atoms with van der Waals surface area (Å²) >= 11 is 18.6. The largest absolute Gasteiger partial charge is 0.490 e. The third-order valence-corrected chi connectivity index (χ3v) is 5.17. The molecule has 160 valence electrons. The molecule has 1 N–H and O–H groups in total. The van der Waals surface area contributed by atoms with Gasteiger partial charge in [-0.1, -0.05) is 65.1 Å². The number of halogens is 4. The molecule has 0 saturated heterocycles. The lowest BCUT2D eigenvalue weighted by molar-refractivity contribution is 0.269. The Morgan fingerprint density at radius 1 is 0.800 bits per heavy atom. The highest BCUT2D eigenvalue weighted by Gasteiger charge is 2.13. The van der Waals surface area contributed by atoms with Crippen molar-refractivity contribution in [1.29, 1.82) is 0 Å². The van der Waals surface area contributed by atoms with Crippen molar-refractivity contribution >= 4 is 47.2 Å². The first kappa shape index (κ1) is 24.6. The number of nitrogens with one attached hydrogen (secondary N) is 1. The van der Waals surface area contributed by atoms with E-state index in [0.717, 1.165) is 21.7 Å². The molecule has 30 heavy (non-hydrogen) atoms. The third-order valence-electron chi connectivity index (χ3n) is 4.27. The van der Waals surface area contributed by atoms with Gasteiger partial charge in [0.1, 0.15) is 6.61 Å². The van der Waals surface area contributed by atoms with E-state index in [9.17, 15) is 0 Å². The van der Waals surface area contributed by atoms with Crippen LogP contribution in [0.4, 0.5) is 0 Å². The second kappa shape index (κ2) is 12.3. The maximum Gasteiger partial charge on any atom is 0.180 e. The Morgan fingerprint density at radius 2 is 1.53 bits per heavy atom.